The zero-order valence-electron chi connectivity index (χ0n) is 15.2. The lowest BCUT2D eigenvalue weighted by atomic mass is 10.2. The van der Waals surface area contributed by atoms with E-state index in [9.17, 15) is 9.59 Å². The molecule has 0 atom stereocenters. The molecule has 2 aromatic carbocycles. The number of fused-ring (bicyclic) bond motifs is 1. The van der Waals surface area contributed by atoms with Crippen LogP contribution in [0.25, 0.3) is 10.2 Å². The van der Waals surface area contributed by atoms with Gasteiger partial charge in [0.25, 0.3) is 5.91 Å². The van der Waals surface area contributed by atoms with Crippen LogP contribution in [0.4, 0.5) is 5.13 Å². The molecule has 1 heterocycles. The van der Waals surface area contributed by atoms with Gasteiger partial charge in [0.1, 0.15) is 5.75 Å². The van der Waals surface area contributed by atoms with Crippen molar-refractivity contribution in [1.29, 1.82) is 0 Å². The molecular formula is C20H20N2O4S. The fourth-order valence-corrected chi connectivity index (χ4v) is 3.56. The number of aromatic nitrogens is 1. The van der Waals surface area contributed by atoms with Gasteiger partial charge in [-0.25, -0.2) is 9.78 Å². The monoisotopic (exact) mass is 384 g/mol. The summed E-state index contributed by atoms with van der Waals surface area (Å²) in [5, 5.41) is 0.593. The number of thiazole rings is 1. The van der Waals surface area contributed by atoms with Crippen LogP contribution >= 0.6 is 11.3 Å². The summed E-state index contributed by atoms with van der Waals surface area (Å²) >= 11 is 1.43. The number of likely N-dealkylation sites (N-methyl/N-ethyl adjacent to an activating group) is 1. The van der Waals surface area contributed by atoms with Crippen molar-refractivity contribution < 1.29 is 19.1 Å². The summed E-state index contributed by atoms with van der Waals surface area (Å²) in [5.41, 5.74) is 1.77. The molecule has 0 spiro atoms. The maximum Gasteiger partial charge on any atom is 0.344 e. The third kappa shape index (κ3) is 4.62. The Morgan fingerprint density at radius 3 is 2.56 bits per heavy atom. The molecule has 3 aromatic rings. The first kappa shape index (κ1) is 18.8. The van der Waals surface area contributed by atoms with Gasteiger partial charge in [0.05, 0.1) is 10.2 Å². The SMILES string of the molecule is CCN(C(=O)COC(=O)COc1ccccc1C)c1nc2ccccc2s1. The van der Waals surface area contributed by atoms with Gasteiger partial charge in [0.2, 0.25) is 0 Å². The maximum atomic E-state index is 12.5. The Hall–Kier alpha value is -2.93. The minimum atomic E-state index is -0.591. The largest absolute Gasteiger partial charge is 0.482 e. The van der Waals surface area contributed by atoms with Crippen molar-refractivity contribution in [1.82, 2.24) is 4.98 Å². The van der Waals surface area contributed by atoms with Crippen molar-refractivity contribution in [2.75, 3.05) is 24.7 Å². The molecule has 0 aliphatic heterocycles. The lowest BCUT2D eigenvalue weighted by molar-refractivity contribution is -0.149. The molecule has 0 saturated heterocycles. The fraction of sp³-hybridized carbons (Fsp3) is 0.250. The molecular weight excluding hydrogens is 364 g/mol. The first-order chi connectivity index (χ1) is 13.1. The molecule has 7 heteroatoms. The summed E-state index contributed by atoms with van der Waals surface area (Å²) in [5.74, 6) is -0.293. The van der Waals surface area contributed by atoms with Crippen molar-refractivity contribution in [3.8, 4) is 5.75 Å². The molecule has 6 nitrogen and oxygen atoms in total. The summed E-state index contributed by atoms with van der Waals surface area (Å²) in [4.78, 5) is 30.3. The highest BCUT2D eigenvalue weighted by Gasteiger charge is 2.19. The van der Waals surface area contributed by atoms with E-state index in [1.807, 2.05) is 56.3 Å². The highest BCUT2D eigenvalue weighted by atomic mass is 32.1. The first-order valence-corrected chi connectivity index (χ1v) is 9.40. The van der Waals surface area contributed by atoms with Gasteiger partial charge in [-0.05, 0) is 37.6 Å². The van der Waals surface area contributed by atoms with Gasteiger partial charge in [0.15, 0.2) is 18.3 Å². The molecule has 0 fully saturated rings. The zero-order chi connectivity index (χ0) is 19.2. The van der Waals surface area contributed by atoms with E-state index in [2.05, 4.69) is 4.98 Å². The zero-order valence-corrected chi connectivity index (χ0v) is 16.0. The minimum absolute atomic E-state index is 0.245. The van der Waals surface area contributed by atoms with E-state index in [1.54, 1.807) is 6.07 Å². The average molecular weight is 384 g/mol. The molecule has 1 aromatic heterocycles. The number of anilines is 1. The number of benzene rings is 2. The molecule has 0 aliphatic carbocycles. The van der Waals surface area contributed by atoms with E-state index in [0.717, 1.165) is 15.8 Å². The molecule has 0 bridgehead atoms. The van der Waals surface area contributed by atoms with Crippen LogP contribution in [0.3, 0.4) is 0 Å². The standard InChI is InChI=1S/C20H20N2O4S/c1-3-22(20-21-15-9-5-7-11-17(15)27-20)18(23)12-26-19(24)13-25-16-10-6-4-8-14(16)2/h4-11H,3,12-13H2,1-2H3. The number of aryl methyl sites for hydroxylation is 1. The number of carbonyl (C=O) groups is 2. The van der Waals surface area contributed by atoms with Crippen molar-refractivity contribution in [3.05, 3.63) is 54.1 Å². The van der Waals surface area contributed by atoms with Crippen LogP contribution in [0.2, 0.25) is 0 Å². The highest BCUT2D eigenvalue weighted by Crippen LogP contribution is 2.28. The van der Waals surface area contributed by atoms with Crippen LogP contribution in [0, 0.1) is 6.92 Å². The Morgan fingerprint density at radius 1 is 1.07 bits per heavy atom. The number of esters is 1. The number of para-hydroxylation sites is 2. The fourth-order valence-electron chi connectivity index (χ4n) is 2.51. The number of nitrogens with zero attached hydrogens (tertiary/aromatic N) is 2. The lowest BCUT2D eigenvalue weighted by Gasteiger charge is -2.17. The van der Waals surface area contributed by atoms with Crippen LogP contribution in [0.5, 0.6) is 5.75 Å². The molecule has 0 unspecified atom stereocenters. The van der Waals surface area contributed by atoms with E-state index >= 15 is 0 Å². The number of rotatable bonds is 7. The molecule has 140 valence electrons. The van der Waals surface area contributed by atoms with Crippen molar-refractivity contribution in [2.45, 2.75) is 13.8 Å². The summed E-state index contributed by atoms with van der Waals surface area (Å²) in [7, 11) is 0. The van der Waals surface area contributed by atoms with Crippen LogP contribution in [-0.2, 0) is 14.3 Å². The number of amides is 1. The van der Waals surface area contributed by atoms with Crippen LogP contribution in [0.1, 0.15) is 12.5 Å². The summed E-state index contributed by atoms with van der Waals surface area (Å²) in [6, 6.07) is 15.1. The predicted octanol–water partition coefficient (Wildman–Crippen LogP) is 3.58. The minimum Gasteiger partial charge on any atom is -0.482 e. The quantitative estimate of drug-likeness (QED) is 0.583. The number of hydrogen-bond donors (Lipinski definition) is 0. The second-order valence-corrected chi connectivity index (χ2v) is 6.83. The molecule has 0 saturated carbocycles. The number of hydrogen-bond acceptors (Lipinski definition) is 6. The van der Waals surface area contributed by atoms with Crippen LogP contribution < -0.4 is 9.64 Å². The average Bonchev–Trinajstić information content (AvgIpc) is 3.10. The van der Waals surface area contributed by atoms with Crippen LogP contribution in [0.15, 0.2) is 48.5 Å². The van der Waals surface area contributed by atoms with E-state index < -0.39 is 5.97 Å². The van der Waals surface area contributed by atoms with Crippen LogP contribution in [-0.4, -0.2) is 36.6 Å². The Labute approximate surface area is 161 Å². The third-order valence-corrected chi connectivity index (χ3v) is 4.99. The summed E-state index contributed by atoms with van der Waals surface area (Å²) in [6.45, 7) is 3.59. The Bertz CT molecular complexity index is 921. The van der Waals surface area contributed by atoms with E-state index in [0.29, 0.717) is 17.4 Å². The van der Waals surface area contributed by atoms with E-state index in [-0.39, 0.29) is 19.1 Å². The number of carbonyl (C=O) groups excluding carboxylic acids is 2. The van der Waals surface area contributed by atoms with Crippen molar-refractivity contribution in [3.63, 3.8) is 0 Å². The molecule has 0 radical (unpaired) electrons. The molecule has 1 amide bonds. The van der Waals surface area contributed by atoms with Gasteiger partial charge >= 0.3 is 5.97 Å². The smallest absolute Gasteiger partial charge is 0.344 e. The van der Waals surface area contributed by atoms with Gasteiger partial charge in [-0.2, -0.15) is 0 Å². The first-order valence-electron chi connectivity index (χ1n) is 8.58. The predicted molar refractivity (Wildman–Crippen MR) is 105 cm³/mol. The topological polar surface area (TPSA) is 68.7 Å². The van der Waals surface area contributed by atoms with Gasteiger partial charge in [-0.15, -0.1) is 0 Å². The molecule has 27 heavy (non-hydrogen) atoms. The van der Waals surface area contributed by atoms with Gasteiger partial charge < -0.3 is 9.47 Å². The second kappa shape index (κ2) is 8.64. The highest BCUT2D eigenvalue weighted by molar-refractivity contribution is 7.22. The maximum absolute atomic E-state index is 12.5. The van der Waals surface area contributed by atoms with Gasteiger partial charge in [0, 0.05) is 6.54 Å². The molecule has 0 N–H and O–H groups in total. The Balaban J connectivity index is 1.55. The lowest BCUT2D eigenvalue weighted by Crippen LogP contribution is -2.35. The van der Waals surface area contributed by atoms with Gasteiger partial charge in [-0.1, -0.05) is 41.7 Å². The molecule has 3 rings (SSSR count). The summed E-state index contributed by atoms with van der Waals surface area (Å²) < 4.78 is 11.5. The van der Waals surface area contributed by atoms with Gasteiger partial charge in [-0.3, -0.25) is 9.69 Å². The van der Waals surface area contributed by atoms with Crippen molar-refractivity contribution >= 4 is 38.6 Å². The Kier molecular flexibility index (Phi) is 6.03. The Morgan fingerprint density at radius 2 is 1.81 bits per heavy atom. The summed E-state index contributed by atoms with van der Waals surface area (Å²) in [6.07, 6.45) is 0. The number of ether oxygens (including phenoxy) is 2. The molecule has 0 aliphatic rings. The normalized spacial score (nSPS) is 10.6. The van der Waals surface area contributed by atoms with E-state index in [4.69, 9.17) is 9.47 Å². The third-order valence-electron chi connectivity index (χ3n) is 3.93. The second-order valence-electron chi connectivity index (χ2n) is 5.82. The van der Waals surface area contributed by atoms with Crippen molar-refractivity contribution in [2.24, 2.45) is 0 Å². The van der Waals surface area contributed by atoms with E-state index in [1.165, 1.54) is 16.2 Å².